The van der Waals surface area contributed by atoms with Crippen LogP contribution in [0.15, 0.2) is 28.1 Å². The first-order valence-corrected chi connectivity index (χ1v) is 10.7. The molecule has 0 aromatic heterocycles. The Hall–Kier alpha value is -1.60. The summed E-state index contributed by atoms with van der Waals surface area (Å²) in [7, 11) is -1.02. The van der Waals surface area contributed by atoms with E-state index in [1.165, 1.54) is 12.7 Å². The van der Waals surface area contributed by atoms with E-state index in [2.05, 4.69) is 27.6 Å². The highest BCUT2D eigenvalue weighted by molar-refractivity contribution is 7.90. The van der Waals surface area contributed by atoms with Crippen molar-refractivity contribution in [2.75, 3.05) is 39.5 Å². The Labute approximate surface area is 151 Å². The zero-order chi connectivity index (χ0) is 18.4. The minimum Gasteiger partial charge on any atom is -0.357 e. The van der Waals surface area contributed by atoms with Crippen LogP contribution in [-0.4, -0.2) is 58.8 Å². The molecular formula is C18H30N4O2S. The van der Waals surface area contributed by atoms with E-state index in [9.17, 15) is 8.42 Å². The number of hydrogen-bond donors (Lipinski definition) is 2. The molecule has 0 bridgehead atoms. The second-order valence-corrected chi connectivity index (χ2v) is 8.85. The first-order chi connectivity index (χ1) is 11.8. The fourth-order valence-electron chi connectivity index (χ4n) is 3.17. The van der Waals surface area contributed by atoms with Crippen molar-refractivity contribution >= 4 is 15.8 Å². The first-order valence-electron chi connectivity index (χ1n) is 8.80. The van der Waals surface area contributed by atoms with E-state index in [1.54, 1.807) is 6.07 Å². The molecule has 0 aliphatic carbocycles. The van der Waals surface area contributed by atoms with Gasteiger partial charge in [-0.2, -0.15) is 0 Å². The Bertz CT molecular complexity index is 716. The van der Waals surface area contributed by atoms with Crippen molar-refractivity contribution in [1.82, 2.24) is 15.5 Å². The Morgan fingerprint density at radius 2 is 2.12 bits per heavy atom. The van der Waals surface area contributed by atoms with Gasteiger partial charge in [0.1, 0.15) is 0 Å². The molecule has 1 aliphatic heterocycles. The standard InChI is InChI=1S/C18H30N4O2S/c1-5-19-18(21-12-16-8-9-22(3)13-16)20-11-15-6-7-17(14(2)10-15)25(4,23)24/h6-7,10,16H,5,8-9,11-13H2,1-4H3,(H2,19,20,21). The maximum atomic E-state index is 11.7. The highest BCUT2D eigenvalue weighted by Crippen LogP contribution is 2.17. The highest BCUT2D eigenvalue weighted by Gasteiger charge is 2.19. The zero-order valence-electron chi connectivity index (χ0n) is 15.7. The Balaban J connectivity index is 1.99. The lowest BCUT2D eigenvalue weighted by Crippen LogP contribution is -2.40. The monoisotopic (exact) mass is 366 g/mol. The van der Waals surface area contributed by atoms with Gasteiger partial charge in [-0.25, -0.2) is 13.4 Å². The van der Waals surface area contributed by atoms with Gasteiger partial charge in [-0.15, -0.1) is 0 Å². The summed E-state index contributed by atoms with van der Waals surface area (Å²) in [5.74, 6) is 1.46. The molecule has 140 valence electrons. The van der Waals surface area contributed by atoms with Crippen LogP contribution < -0.4 is 10.6 Å². The van der Waals surface area contributed by atoms with Crippen molar-refractivity contribution in [3.8, 4) is 0 Å². The number of guanidine groups is 1. The summed E-state index contributed by atoms with van der Waals surface area (Å²) >= 11 is 0. The minimum absolute atomic E-state index is 0.385. The van der Waals surface area contributed by atoms with Crippen molar-refractivity contribution in [1.29, 1.82) is 0 Å². The SMILES string of the molecule is CCNC(=NCc1ccc(S(C)(=O)=O)c(C)c1)NCC1CCN(C)C1. The zero-order valence-corrected chi connectivity index (χ0v) is 16.5. The Kier molecular flexibility index (Phi) is 6.84. The van der Waals surface area contributed by atoms with E-state index in [-0.39, 0.29) is 0 Å². The van der Waals surface area contributed by atoms with E-state index in [4.69, 9.17) is 0 Å². The lowest BCUT2D eigenvalue weighted by molar-refractivity contribution is 0.394. The van der Waals surface area contributed by atoms with Gasteiger partial charge < -0.3 is 15.5 Å². The van der Waals surface area contributed by atoms with Crippen LogP contribution in [0, 0.1) is 12.8 Å². The molecule has 0 spiro atoms. The number of aliphatic imine (C=N–C) groups is 1. The van der Waals surface area contributed by atoms with Gasteiger partial charge in [-0.05, 0) is 57.0 Å². The van der Waals surface area contributed by atoms with Crippen LogP contribution in [0.3, 0.4) is 0 Å². The fraction of sp³-hybridized carbons (Fsp3) is 0.611. The van der Waals surface area contributed by atoms with Crippen LogP contribution >= 0.6 is 0 Å². The van der Waals surface area contributed by atoms with Crippen molar-refractivity contribution < 1.29 is 8.42 Å². The average molecular weight is 367 g/mol. The second kappa shape index (κ2) is 8.67. The van der Waals surface area contributed by atoms with E-state index in [1.807, 2.05) is 26.0 Å². The third-order valence-electron chi connectivity index (χ3n) is 4.45. The van der Waals surface area contributed by atoms with Gasteiger partial charge in [0, 0.05) is 25.9 Å². The summed E-state index contributed by atoms with van der Waals surface area (Å²) in [5, 5.41) is 6.69. The van der Waals surface area contributed by atoms with Crippen LogP contribution in [0.1, 0.15) is 24.5 Å². The van der Waals surface area contributed by atoms with Gasteiger partial charge in [0.25, 0.3) is 0 Å². The third kappa shape index (κ3) is 6.01. The second-order valence-electron chi connectivity index (χ2n) is 6.87. The molecule has 6 nitrogen and oxygen atoms in total. The number of nitrogens with zero attached hydrogens (tertiary/aromatic N) is 2. The molecule has 0 amide bonds. The molecule has 0 radical (unpaired) electrons. The lowest BCUT2D eigenvalue weighted by atomic mass is 10.1. The Morgan fingerprint density at radius 3 is 2.68 bits per heavy atom. The smallest absolute Gasteiger partial charge is 0.191 e. The van der Waals surface area contributed by atoms with Crippen LogP contribution in [0.4, 0.5) is 0 Å². The Morgan fingerprint density at radius 1 is 1.36 bits per heavy atom. The van der Waals surface area contributed by atoms with E-state index in [0.29, 0.717) is 17.4 Å². The van der Waals surface area contributed by atoms with Crippen molar-refractivity contribution in [3.63, 3.8) is 0 Å². The van der Waals surface area contributed by atoms with E-state index < -0.39 is 9.84 Å². The number of nitrogens with one attached hydrogen (secondary N) is 2. The molecule has 7 heteroatoms. The lowest BCUT2D eigenvalue weighted by Gasteiger charge is -2.15. The highest BCUT2D eigenvalue weighted by atomic mass is 32.2. The van der Waals surface area contributed by atoms with Crippen molar-refractivity contribution in [2.24, 2.45) is 10.9 Å². The molecule has 1 aliphatic rings. The maximum Gasteiger partial charge on any atom is 0.191 e. The molecule has 1 atom stereocenters. The first kappa shape index (κ1) is 19.7. The molecule has 1 fully saturated rings. The largest absolute Gasteiger partial charge is 0.357 e. The summed E-state index contributed by atoms with van der Waals surface area (Å²) in [6.07, 6.45) is 2.45. The summed E-state index contributed by atoms with van der Waals surface area (Å²) < 4.78 is 23.4. The average Bonchev–Trinajstić information content (AvgIpc) is 2.94. The van der Waals surface area contributed by atoms with Gasteiger partial charge >= 0.3 is 0 Å². The molecule has 2 rings (SSSR count). The molecule has 25 heavy (non-hydrogen) atoms. The summed E-state index contributed by atoms with van der Waals surface area (Å²) in [6.45, 7) is 8.40. The number of likely N-dealkylation sites (tertiary alicyclic amines) is 1. The van der Waals surface area contributed by atoms with Crippen LogP contribution in [0.25, 0.3) is 0 Å². The number of hydrogen-bond acceptors (Lipinski definition) is 4. The van der Waals surface area contributed by atoms with Crippen LogP contribution in [-0.2, 0) is 16.4 Å². The molecule has 1 saturated heterocycles. The predicted octanol–water partition coefficient (Wildman–Crippen LogP) is 1.41. The van der Waals surface area contributed by atoms with Crippen molar-refractivity contribution in [3.05, 3.63) is 29.3 Å². The summed E-state index contributed by atoms with van der Waals surface area (Å²) in [4.78, 5) is 7.36. The van der Waals surface area contributed by atoms with E-state index in [0.717, 1.165) is 43.3 Å². The quantitative estimate of drug-likeness (QED) is 0.588. The van der Waals surface area contributed by atoms with Gasteiger partial charge in [0.15, 0.2) is 15.8 Å². The van der Waals surface area contributed by atoms with Gasteiger partial charge in [-0.3, -0.25) is 0 Å². The van der Waals surface area contributed by atoms with Crippen LogP contribution in [0.5, 0.6) is 0 Å². The maximum absolute atomic E-state index is 11.7. The molecule has 1 aromatic rings. The summed E-state index contributed by atoms with van der Waals surface area (Å²) in [6, 6.07) is 5.40. The van der Waals surface area contributed by atoms with Crippen LogP contribution in [0.2, 0.25) is 0 Å². The number of aryl methyl sites for hydroxylation is 1. The molecule has 1 unspecified atom stereocenters. The summed E-state index contributed by atoms with van der Waals surface area (Å²) in [5.41, 5.74) is 1.77. The number of sulfone groups is 1. The predicted molar refractivity (Wildman–Crippen MR) is 103 cm³/mol. The molecule has 0 saturated carbocycles. The number of benzene rings is 1. The molecule has 1 aromatic carbocycles. The van der Waals surface area contributed by atoms with Gasteiger partial charge in [0.2, 0.25) is 0 Å². The third-order valence-corrected chi connectivity index (χ3v) is 5.71. The van der Waals surface area contributed by atoms with Gasteiger partial charge in [-0.1, -0.05) is 12.1 Å². The normalized spacial score (nSPS) is 19.2. The fourth-order valence-corrected chi connectivity index (χ4v) is 4.13. The van der Waals surface area contributed by atoms with Gasteiger partial charge in [0.05, 0.1) is 11.4 Å². The molecule has 2 N–H and O–H groups in total. The van der Waals surface area contributed by atoms with Crippen molar-refractivity contribution in [2.45, 2.75) is 31.7 Å². The topological polar surface area (TPSA) is 73.8 Å². The van der Waals surface area contributed by atoms with E-state index >= 15 is 0 Å². The minimum atomic E-state index is -3.18. The number of rotatable bonds is 6. The molecular weight excluding hydrogens is 336 g/mol. The molecule has 1 heterocycles.